The Morgan fingerprint density at radius 3 is 2.41 bits per heavy atom. The van der Waals surface area contributed by atoms with Gasteiger partial charge in [-0.05, 0) is 30.3 Å². The van der Waals surface area contributed by atoms with Gasteiger partial charge in [-0.15, -0.1) is 0 Å². The third-order valence-electron chi connectivity index (χ3n) is 5.23. The molecule has 8 nitrogen and oxygen atoms in total. The van der Waals surface area contributed by atoms with Gasteiger partial charge in [0.25, 0.3) is 0 Å². The molecule has 1 aliphatic rings. The van der Waals surface area contributed by atoms with Crippen LogP contribution in [0.25, 0.3) is 17.0 Å². The molecular weight excluding hydrogens is 364 g/mol. The lowest BCUT2D eigenvalue weighted by Gasteiger charge is -2.34. The molecule has 0 atom stereocenters. The predicted octanol–water partition coefficient (Wildman–Crippen LogP) is 2.09. The van der Waals surface area contributed by atoms with Crippen LogP contribution in [0.5, 0.6) is 0 Å². The maximum absolute atomic E-state index is 6.06. The Kier molecular flexibility index (Phi) is 4.53. The number of anilines is 2. The van der Waals surface area contributed by atoms with E-state index in [1.54, 1.807) is 18.6 Å². The highest BCUT2D eigenvalue weighted by Gasteiger charge is 2.22. The fourth-order valence-electron chi connectivity index (χ4n) is 3.74. The third kappa shape index (κ3) is 3.50. The van der Waals surface area contributed by atoms with Crippen LogP contribution in [0, 0.1) is 0 Å². The molecule has 0 aromatic carbocycles. The summed E-state index contributed by atoms with van der Waals surface area (Å²) in [7, 11) is 0. The van der Waals surface area contributed by atoms with E-state index in [1.165, 1.54) is 0 Å². The predicted molar refractivity (Wildman–Crippen MR) is 112 cm³/mol. The van der Waals surface area contributed by atoms with E-state index in [4.69, 9.17) is 10.7 Å². The average Bonchev–Trinajstić information content (AvgIpc) is 3.13. The second-order valence-corrected chi connectivity index (χ2v) is 7.12. The number of hydrogen-bond donors (Lipinski definition) is 1. The molecule has 2 N–H and O–H groups in total. The molecular formula is C21H22N8. The first-order valence-electron chi connectivity index (χ1n) is 9.70. The van der Waals surface area contributed by atoms with Crippen molar-refractivity contribution in [3.05, 3.63) is 66.9 Å². The number of fused-ring (bicyclic) bond motifs is 1. The van der Waals surface area contributed by atoms with Crippen molar-refractivity contribution in [2.75, 3.05) is 36.8 Å². The van der Waals surface area contributed by atoms with Crippen LogP contribution in [0.3, 0.4) is 0 Å². The van der Waals surface area contributed by atoms with E-state index in [-0.39, 0.29) is 0 Å². The minimum Gasteiger partial charge on any atom is -0.398 e. The Hall–Kier alpha value is -3.52. The number of imidazole rings is 1. The molecule has 1 saturated heterocycles. The molecule has 29 heavy (non-hydrogen) atoms. The van der Waals surface area contributed by atoms with Gasteiger partial charge in [-0.1, -0.05) is 6.07 Å². The van der Waals surface area contributed by atoms with E-state index >= 15 is 0 Å². The van der Waals surface area contributed by atoms with Crippen molar-refractivity contribution < 1.29 is 0 Å². The maximum Gasteiger partial charge on any atom is 0.225 e. The minimum atomic E-state index is 0.717. The topological polar surface area (TPSA) is 88.5 Å². The van der Waals surface area contributed by atoms with Crippen LogP contribution in [0.4, 0.5) is 11.6 Å². The zero-order chi connectivity index (χ0) is 19.6. The highest BCUT2D eigenvalue weighted by atomic mass is 15.3. The summed E-state index contributed by atoms with van der Waals surface area (Å²) < 4.78 is 2.09. The standard InChI is InChI=1S/C21H22N8/c22-16-5-6-19-26-20(17-4-1-2-7-23-17)18(29(19)14-16)15-27-10-12-28(13-11-27)21-24-8-3-9-25-21/h1-9,14H,10-13,15,22H2. The zero-order valence-corrected chi connectivity index (χ0v) is 16.0. The fraction of sp³-hybridized carbons (Fsp3) is 0.238. The molecule has 0 amide bonds. The van der Waals surface area contributed by atoms with Crippen molar-refractivity contribution in [3.63, 3.8) is 0 Å². The molecule has 0 bridgehead atoms. The molecule has 5 rings (SSSR count). The van der Waals surface area contributed by atoms with Crippen molar-refractivity contribution in [2.24, 2.45) is 0 Å². The fourth-order valence-corrected chi connectivity index (χ4v) is 3.74. The molecule has 4 aromatic rings. The van der Waals surface area contributed by atoms with Crippen LogP contribution in [-0.4, -0.2) is 55.4 Å². The van der Waals surface area contributed by atoms with Gasteiger partial charge in [0.15, 0.2) is 0 Å². The van der Waals surface area contributed by atoms with Gasteiger partial charge in [-0.2, -0.15) is 0 Å². The summed E-state index contributed by atoms with van der Waals surface area (Å²) in [5.41, 5.74) is 10.5. The molecule has 0 unspecified atom stereocenters. The zero-order valence-electron chi connectivity index (χ0n) is 16.0. The second kappa shape index (κ2) is 7.48. The highest BCUT2D eigenvalue weighted by Crippen LogP contribution is 2.25. The first-order chi connectivity index (χ1) is 14.3. The van der Waals surface area contributed by atoms with Crippen LogP contribution in [-0.2, 0) is 6.54 Å². The van der Waals surface area contributed by atoms with Gasteiger partial charge in [-0.25, -0.2) is 15.0 Å². The summed E-state index contributed by atoms with van der Waals surface area (Å²) >= 11 is 0. The number of rotatable bonds is 4. The summed E-state index contributed by atoms with van der Waals surface area (Å²) in [4.78, 5) is 22.8. The Morgan fingerprint density at radius 2 is 1.66 bits per heavy atom. The highest BCUT2D eigenvalue weighted by molar-refractivity contribution is 5.64. The molecule has 0 aliphatic carbocycles. The van der Waals surface area contributed by atoms with Gasteiger partial charge in [0.1, 0.15) is 11.3 Å². The summed E-state index contributed by atoms with van der Waals surface area (Å²) in [6.07, 6.45) is 7.32. The number of piperazine rings is 1. The average molecular weight is 386 g/mol. The summed E-state index contributed by atoms with van der Waals surface area (Å²) in [5.74, 6) is 0.795. The molecule has 8 heteroatoms. The van der Waals surface area contributed by atoms with Gasteiger partial charge in [0.2, 0.25) is 5.95 Å². The van der Waals surface area contributed by atoms with Crippen molar-refractivity contribution in [1.29, 1.82) is 0 Å². The van der Waals surface area contributed by atoms with E-state index in [0.29, 0.717) is 0 Å². The summed E-state index contributed by atoms with van der Waals surface area (Å²) in [5, 5.41) is 0. The van der Waals surface area contributed by atoms with Crippen molar-refractivity contribution >= 4 is 17.3 Å². The molecule has 4 aromatic heterocycles. The Bertz CT molecular complexity index is 1100. The van der Waals surface area contributed by atoms with Crippen molar-refractivity contribution in [1.82, 2.24) is 29.2 Å². The van der Waals surface area contributed by atoms with Crippen LogP contribution < -0.4 is 10.6 Å². The molecule has 1 aliphatic heterocycles. The van der Waals surface area contributed by atoms with Crippen LogP contribution >= 0.6 is 0 Å². The Balaban J connectivity index is 1.42. The van der Waals surface area contributed by atoms with Crippen molar-refractivity contribution in [2.45, 2.75) is 6.54 Å². The van der Waals surface area contributed by atoms with Crippen LogP contribution in [0.2, 0.25) is 0 Å². The number of nitrogen functional groups attached to an aromatic ring is 1. The third-order valence-corrected chi connectivity index (χ3v) is 5.23. The Labute approximate surface area is 168 Å². The monoisotopic (exact) mass is 386 g/mol. The van der Waals surface area contributed by atoms with Crippen molar-refractivity contribution in [3.8, 4) is 11.4 Å². The maximum atomic E-state index is 6.06. The SMILES string of the molecule is Nc1ccc2nc(-c3ccccn3)c(CN3CCN(c4ncccn4)CC3)n2c1. The lowest BCUT2D eigenvalue weighted by molar-refractivity contribution is 0.245. The van der Waals surface area contributed by atoms with E-state index < -0.39 is 0 Å². The second-order valence-electron chi connectivity index (χ2n) is 7.12. The normalized spacial score (nSPS) is 15.1. The lowest BCUT2D eigenvalue weighted by atomic mass is 10.2. The van der Waals surface area contributed by atoms with Gasteiger partial charge in [0.05, 0.1) is 11.4 Å². The van der Waals surface area contributed by atoms with Gasteiger partial charge in [-0.3, -0.25) is 14.3 Å². The number of aromatic nitrogens is 5. The van der Waals surface area contributed by atoms with Crippen LogP contribution in [0.15, 0.2) is 61.2 Å². The quantitative estimate of drug-likeness (QED) is 0.574. The Morgan fingerprint density at radius 1 is 0.862 bits per heavy atom. The summed E-state index contributed by atoms with van der Waals surface area (Å²) in [6.45, 7) is 4.41. The number of pyridine rings is 2. The first-order valence-corrected chi connectivity index (χ1v) is 9.70. The smallest absolute Gasteiger partial charge is 0.225 e. The van der Waals surface area contributed by atoms with Gasteiger partial charge in [0, 0.05) is 63.2 Å². The van der Waals surface area contributed by atoms with E-state index in [2.05, 4.69) is 29.2 Å². The molecule has 1 fully saturated rings. The van der Waals surface area contributed by atoms with Gasteiger partial charge >= 0.3 is 0 Å². The van der Waals surface area contributed by atoms with Gasteiger partial charge < -0.3 is 10.6 Å². The molecule has 0 radical (unpaired) electrons. The van der Waals surface area contributed by atoms with E-state index in [0.717, 1.165) is 67.1 Å². The summed E-state index contributed by atoms with van der Waals surface area (Å²) in [6, 6.07) is 11.6. The minimum absolute atomic E-state index is 0.717. The largest absolute Gasteiger partial charge is 0.398 e. The molecule has 5 heterocycles. The first kappa shape index (κ1) is 17.6. The molecule has 0 spiro atoms. The lowest BCUT2D eigenvalue weighted by Crippen LogP contribution is -2.46. The molecule has 0 saturated carbocycles. The van der Waals surface area contributed by atoms with E-state index in [9.17, 15) is 0 Å². The van der Waals surface area contributed by atoms with E-state index in [1.807, 2.05) is 42.6 Å². The number of hydrogen-bond acceptors (Lipinski definition) is 7. The number of nitrogens with zero attached hydrogens (tertiary/aromatic N) is 7. The molecule has 146 valence electrons. The van der Waals surface area contributed by atoms with Crippen LogP contribution in [0.1, 0.15) is 5.69 Å². The number of nitrogens with two attached hydrogens (primary N) is 1.